The number of benzene rings is 2. The van der Waals surface area contributed by atoms with E-state index in [0.29, 0.717) is 12.2 Å². The van der Waals surface area contributed by atoms with Crippen LogP contribution in [0.25, 0.3) is 0 Å². The number of halogens is 4. The lowest BCUT2D eigenvalue weighted by molar-refractivity contribution is -0.128. The van der Waals surface area contributed by atoms with Crippen LogP contribution in [0.3, 0.4) is 0 Å². The molecule has 3 aromatic rings. The molecule has 11 heteroatoms. The second-order valence-corrected chi connectivity index (χ2v) is 10.7. The Morgan fingerprint density at radius 2 is 1.34 bits per heavy atom. The molecule has 1 amide bonds. The average molecular weight is 570 g/mol. The topological polar surface area (TPSA) is 82.8 Å². The number of primary amides is 1. The highest BCUT2D eigenvalue weighted by Crippen LogP contribution is 2.31. The minimum Gasteiger partial charge on any atom is -0.369 e. The van der Waals surface area contributed by atoms with Crippen molar-refractivity contribution in [2.75, 3.05) is 37.6 Å². The van der Waals surface area contributed by atoms with Crippen LogP contribution < -0.4 is 10.6 Å². The number of carbonyl (C=O) groups is 2. The Bertz CT molecular complexity index is 1390. The molecule has 1 saturated heterocycles. The van der Waals surface area contributed by atoms with Crippen LogP contribution in [0, 0.1) is 11.7 Å². The van der Waals surface area contributed by atoms with Gasteiger partial charge in [-0.15, -0.1) is 0 Å². The van der Waals surface area contributed by atoms with Crippen molar-refractivity contribution >= 4 is 17.4 Å². The van der Waals surface area contributed by atoms with Crippen molar-refractivity contribution in [3.05, 3.63) is 94.6 Å². The molecule has 7 nitrogen and oxygen atoms in total. The summed E-state index contributed by atoms with van der Waals surface area (Å²) in [6.07, 6.45) is -5.74. The molecule has 41 heavy (non-hydrogen) atoms. The van der Waals surface area contributed by atoms with Gasteiger partial charge in [-0.05, 0) is 41.0 Å². The molecule has 2 aliphatic rings. The first-order valence-corrected chi connectivity index (χ1v) is 13.5. The summed E-state index contributed by atoms with van der Waals surface area (Å²) >= 11 is 0. The van der Waals surface area contributed by atoms with Gasteiger partial charge in [-0.25, -0.2) is 9.37 Å². The summed E-state index contributed by atoms with van der Waals surface area (Å²) < 4.78 is 51.9. The van der Waals surface area contributed by atoms with Crippen LogP contribution in [0.1, 0.15) is 32.9 Å². The molecule has 2 N–H and O–H groups in total. The van der Waals surface area contributed by atoms with Crippen LogP contribution in [-0.4, -0.2) is 65.4 Å². The van der Waals surface area contributed by atoms with E-state index in [0.717, 1.165) is 56.0 Å². The van der Waals surface area contributed by atoms with E-state index >= 15 is 0 Å². The van der Waals surface area contributed by atoms with Gasteiger partial charge in [0.1, 0.15) is 17.4 Å². The van der Waals surface area contributed by atoms with Gasteiger partial charge in [0.05, 0.1) is 17.8 Å². The molecule has 1 unspecified atom stereocenters. The number of rotatable bonds is 8. The largest absolute Gasteiger partial charge is 0.394 e. The number of piperazine rings is 1. The van der Waals surface area contributed by atoms with Gasteiger partial charge < -0.3 is 10.6 Å². The lowest BCUT2D eigenvalue weighted by Crippen LogP contribution is -2.45. The number of carbonyl (C=O) groups excluding carboxylic acids is 2. The predicted molar refractivity (Wildman–Crippen MR) is 145 cm³/mol. The smallest absolute Gasteiger partial charge is 0.369 e. The number of amides is 1. The fraction of sp³-hybridized carbons (Fsp3) is 0.367. The first-order chi connectivity index (χ1) is 19.5. The number of alkyl halides is 3. The van der Waals surface area contributed by atoms with Crippen molar-refractivity contribution in [3.8, 4) is 0 Å². The molecule has 216 valence electrons. The lowest BCUT2D eigenvalue weighted by Gasteiger charge is -2.35. The number of nitrogens with two attached hydrogens (primary N) is 1. The Morgan fingerprint density at radius 1 is 0.829 bits per heavy atom. The van der Waals surface area contributed by atoms with Crippen molar-refractivity contribution in [2.24, 2.45) is 11.7 Å². The summed E-state index contributed by atoms with van der Waals surface area (Å²) in [4.78, 5) is 35.3. The highest BCUT2D eigenvalue weighted by molar-refractivity contribution is 6.13. The van der Waals surface area contributed by atoms with E-state index in [1.165, 1.54) is 24.3 Å². The van der Waals surface area contributed by atoms with E-state index in [9.17, 15) is 27.2 Å². The molecular weight excluding hydrogens is 538 g/mol. The SMILES string of the molecule is NC(=O)C1CN(Cc2ccc(CN3CCN(Cc4ccc(F)cc4)CC3)cc2)c2ccc(CC(F)(F)F)nc2C1=O. The maximum absolute atomic E-state index is 13.2. The molecule has 1 aromatic heterocycles. The molecular formula is C30H31F4N5O2. The molecule has 3 heterocycles. The van der Waals surface area contributed by atoms with Gasteiger partial charge >= 0.3 is 6.18 Å². The number of Topliss-reactive ketones (excluding diaryl/α,β-unsaturated/α-hetero) is 1. The van der Waals surface area contributed by atoms with Crippen LogP contribution in [0.4, 0.5) is 23.2 Å². The minimum atomic E-state index is -4.47. The number of pyridine rings is 1. The molecule has 1 atom stereocenters. The van der Waals surface area contributed by atoms with Gasteiger partial charge in [-0.3, -0.25) is 19.4 Å². The van der Waals surface area contributed by atoms with E-state index in [1.54, 1.807) is 4.90 Å². The van der Waals surface area contributed by atoms with E-state index in [4.69, 9.17) is 5.73 Å². The first-order valence-electron chi connectivity index (χ1n) is 13.5. The summed E-state index contributed by atoms with van der Waals surface area (Å²) in [7, 11) is 0. The number of hydrogen-bond donors (Lipinski definition) is 1. The highest BCUT2D eigenvalue weighted by Gasteiger charge is 2.38. The molecule has 0 bridgehead atoms. The zero-order valence-electron chi connectivity index (χ0n) is 22.4. The number of nitrogens with zero attached hydrogens (tertiary/aromatic N) is 4. The Labute approximate surface area is 235 Å². The van der Waals surface area contributed by atoms with Crippen molar-refractivity contribution in [3.63, 3.8) is 0 Å². The molecule has 5 rings (SSSR count). The van der Waals surface area contributed by atoms with Crippen molar-refractivity contribution in [1.82, 2.24) is 14.8 Å². The molecule has 2 aromatic carbocycles. The summed E-state index contributed by atoms with van der Waals surface area (Å²) in [6.45, 7) is 5.63. The van der Waals surface area contributed by atoms with Crippen LogP contribution in [-0.2, 0) is 30.8 Å². The molecule has 1 fully saturated rings. The monoisotopic (exact) mass is 569 g/mol. The summed E-state index contributed by atoms with van der Waals surface area (Å²) in [5.41, 5.74) is 8.56. The van der Waals surface area contributed by atoms with Gasteiger partial charge in [0.2, 0.25) is 5.91 Å². The number of anilines is 1. The van der Waals surface area contributed by atoms with Gasteiger partial charge in [0.15, 0.2) is 5.78 Å². The van der Waals surface area contributed by atoms with Crippen LogP contribution >= 0.6 is 0 Å². The van der Waals surface area contributed by atoms with Crippen molar-refractivity contribution in [1.29, 1.82) is 0 Å². The summed E-state index contributed by atoms with van der Waals surface area (Å²) in [5.74, 6) is -2.90. The van der Waals surface area contributed by atoms with Gasteiger partial charge in [0, 0.05) is 52.4 Å². The Hall–Kier alpha value is -3.83. The third-order valence-electron chi connectivity index (χ3n) is 7.54. The van der Waals surface area contributed by atoms with E-state index in [-0.39, 0.29) is 23.7 Å². The Balaban J connectivity index is 1.20. The van der Waals surface area contributed by atoms with Gasteiger partial charge in [-0.2, -0.15) is 13.2 Å². The minimum absolute atomic E-state index is 0.0331. The average Bonchev–Trinajstić information content (AvgIpc) is 2.92. The molecule has 0 aliphatic carbocycles. The fourth-order valence-corrected chi connectivity index (χ4v) is 5.35. The number of fused-ring (bicyclic) bond motifs is 1. The Kier molecular flexibility index (Phi) is 8.37. The lowest BCUT2D eigenvalue weighted by atomic mass is 9.93. The molecule has 0 saturated carbocycles. The zero-order chi connectivity index (χ0) is 29.1. The number of ketones is 1. The summed E-state index contributed by atoms with van der Waals surface area (Å²) in [6, 6.07) is 17.3. The second-order valence-electron chi connectivity index (χ2n) is 10.7. The highest BCUT2D eigenvalue weighted by atomic mass is 19.4. The van der Waals surface area contributed by atoms with Crippen LogP contribution in [0.15, 0.2) is 60.7 Å². The molecule has 0 spiro atoms. The Morgan fingerprint density at radius 3 is 1.85 bits per heavy atom. The zero-order valence-corrected chi connectivity index (χ0v) is 22.4. The second kappa shape index (κ2) is 12.0. The van der Waals surface area contributed by atoms with Crippen molar-refractivity contribution in [2.45, 2.75) is 32.2 Å². The maximum atomic E-state index is 13.2. The van der Waals surface area contributed by atoms with E-state index < -0.39 is 30.2 Å². The van der Waals surface area contributed by atoms with Gasteiger partial charge in [0.25, 0.3) is 0 Å². The van der Waals surface area contributed by atoms with E-state index in [2.05, 4.69) is 14.8 Å². The van der Waals surface area contributed by atoms with E-state index in [1.807, 2.05) is 36.4 Å². The number of aromatic nitrogens is 1. The number of hydrogen-bond acceptors (Lipinski definition) is 6. The van der Waals surface area contributed by atoms with Crippen LogP contribution in [0.5, 0.6) is 0 Å². The maximum Gasteiger partial charge on any atom is 0.394 e. The fourth-order valence-electron chi connectivity index (χ4n) is 5.35. The predicted octanol–water partition coefficient (Wildman–Crippen LogP) is 3.95. The first kappa shape index (κ1) is 28.7. The van der Waals surface area contributed by atoms with Crippen LogP contribution in [0.2, 0.25) is 0 Å². The van der Waals surface area contributed by atoms with Gasteiger partial charge in [-0.1, -0.05) is 36.4 Å². The third kappa shape index (κ3) is 7.28. The molecule has 0 radical (unpaired) electrons. The quantitative estimate of drug-likeness (QED) is 0.327. The normalized spacial score (nSPS) is 18.4. The third-order valence-corrected chi connectivity index (χ3v) is 7.54. The van der Waals surface area contributed by atoms with Crippen molar-refractivity contribution < 1.29 is 27.2 Å². The summed E-state index contributed by atoms with van der Waals surface area (Å²) in [5, 5.41) is 0. The molecule has 2 aliphatic heterocycles. The standard InChI is InChI=1S/C30H31F4N5O2/c31-23-7-5-21(6-8-23)17-38-13-11-37(12-14-38)16-20-1-3-22(4-2-20)18-39-19-25(29(35)41)28(40)27-26(39)10-9-24(36-27)15-30(32,33)34/h1-10,25H,11-19H2,(H2,35,41).